The van der Waals surface area contributed by atoms with E-state index < -0.39 is 0 Å². The first-order valence-electron chi connectivity index (χ1n) is 7.18. The molecule has 1 N–H and O–H groups in total. The van der Waals surface area contributed by atoms with Crippen molar-refractivity contribution in [3.05, 3.63) is 23.9 Å². The molecule has 1 aliphatic rings. The van der Waals surface area contributed by atoms with Gasteiger partial charge in [0.2, 0.25) is 0 Å². The van der Waals surface area contributed by atoms with Crippen molar-refractivity contribution in [3.63, 3.8) is 0 Å². The second-order valence-electron chi connectivity index (χ2n) is 5.11. The van der Waals surface area contributed by atoms with E-state index in [9.17, 15) is 0 Å². The predicted molar refractivity (Wildman–Crippen MR) is 77.1 cm³/mol. The van der Waals surface area contributed by atoms with Crippen LogP contribution in [0.25, 0.3) is 0 Å². The average molecular weight is 258 g/mol. The Labute approximate surface area is 115 Å². The quantitative estimate of drug-likeness (QED) is 0.880. The van der Waals surface area contributed by atoms with Crippen molar-refractivity contribution in [2.45, 2.75) is 38.6 Å². The van der Waals surface area contributed by atoms with Crippen LogP contribution in [0.4, 0.5) is 5.82 Å². The van der Waals surface area contributed by atoms with Crippen LogP contribution >= 0.6 is 0 Å². The maximum Gasteiger partial charge on any atom is 0.128 e. The van der Waals surface area contributed by atoms with Crippen LogP contribution in [-0.2, 0) is 0 Å². The summed E-state index contributed by atoms with van der Waals surface area (Å²) < 4.78 is 0. The van der Waals surface area contributed by atoms with Crippen LogP contribution in [0.5, 0.6) is 0 Å². The number of nitrogens with one attached hydrogen (secondary N) is 1. The molecule has 2 heterocycles. The van der Waals surface area contributed by atoms with Crippen molar-refractivity contribution in [1.29, 1.82) is 5.26 Å². The molecule has 0 spiro atoms. The normalized spacial score (nSPS) is 18.8. The molecule has 0 bridgehead atoms. The van der Waals surface area contributed by atoms with E-state index in [2.05, 4.69) is 28.2 Å². The van der Waals surface area contributed by atoms with Crippen LogP contribution in [0.1, 0.15) is 38.2 Å². The summed E-state index contributed by atoms with van der Waals surface area (Å²) in [6.45, 7) is 5.33. The van der Waals surface area contributed by atoms with E-state index in [0.29, 0.717) is 11.6 Å². The van der Waals surface area contributed by atoms with E-state index in [-0.39, 0.29) is 0 Å². The number of rotatable bonds is 5. The zero-order valence-corrected chi connectivity index (χ0v) is 11.6. The number of anilines is 1. The number of nitrogens with zero attached hydrogens (tertiary/aromatic N) is 3. The fourth-order valence-corrected chi connectivity index (χ4v) is 2.55. The molecule has 2 rings (SSSR count). The SMILES string of the molecule is CCCN(CC1CCCCN1)c1ccc(C#N)cn1. The van der Waals surface area contributed by atoms with Gasteiger partial charge in [0.1, 0.15) is 11.9 Å². The van der Waals surface area contributed by atoms with Crippen molar-refractivity contribution >= 4 is 5.82 Å². The second kappa shape index (κ2) is 7.10. The Hall–Kier alpha value is -1.60. The molecule has 4 heteroatoms. The molecular formula is C15H22N4. The smallest absolute Gasteiger partial charge is 0.128 e. The minimum atomic E-state index is 0.567. The van der Waals surface area contributed by atoms with Crippen molar-refractivity contribution < 1.29 is 0 Å². The van der Waals surface area contributed by atoms with Gasteiger partial charge in [0.05, 0.1) is 5.56 Å². The number of aromatic nitrogens is 1. The van der Waals surface area contributed by atoms with Crippen molar-refractivity contribution in [2.24, 2.45) is 0 Å². The molecule has 102 valence electrons. The lowest BCUT2D eigenvalue weighted by Gasteiger charge is -2.31. The van der Waals surface area contributed by atoms with Gasteiger partial charge in [-0.1, -0.05) is 13.3 Å². The molecule has 1 aromatic heterocycles. The fraction of sp³-hybridized carbons (Fsp3) is 0.600. The minimum Gasteiger partial charge on any atom is -0.355 e. The molecule has 0 aliphatic carbocycles. The van der Waals surface area contributed by atoms with Gasteiger partial charge in [0.15, 0.2) is 0 Å². The highest BCUT2D eigenvalue weighted by Crippen LogP contribution is 2.15. The second-order valence-corrected chi connectivity index (χ2v) is 5.11. The van der Waals surface area contributed by atoms with Gasteiger partial charge in [-0.25, -0.2) is 4.98 Å². The molecular weight excluding hydrogens is 236 g/mol. The summed E-state index contributed by atoms with van der Waals surface area (Å²) in [5, 5.41) is 12.4. The molecule has 4 nitrogen and oxygen atoms in total. The Bertz CT molecular complexity index is 415. The van der Waals surface area contributed by atoms with Crippen LogP contribution in [0.2, 0.25) is 0 Å². The molecule has 19 heavy (non-hydrogen) atoms. The summed E-state index contributed by atoms with van der Waals surface area (Å²) >= 11 is 0. The highest BCUT2D eigenvalue weighted by atomic mass is 15.2. The molecule has 0 aromatic carbocycles. The summed E-state index contributed by atoms with van der Waals surface area (Å²) in [5.74, 6) is 0.980. The number of piperidine rings is 1. The Morgan fingerprint density at radius 3 is 2.95 bits per heavy atom. The zero-order valence-electron chi connectivity index (χ0n) is 11.6. The van der Waals surface area contributed by atoms with Gasteiger partial charge < -0.3 is 10.2 Å². The fourth-order valence-electron chi connectivity index (χ4n) is 2.55. The molecule has 1 aliphatic heterocycles. The Morgan fingerprint density at radius 1 is 1.47 bits per heavy atom. The van der Waals surface area contributed by atoms with Gasteiger partial charge in [-0.05, 0) is 37.9 Å². The lowest BCUT2D eigenvalue weighted by molar-refractivity contribution is 0.398. The summed E-state index contributed by atoms with van der Waals surface area (Å²) in [6, 6.07) is 6.48. The monoisotopic (exact) mass is 258 g/mol. The van der Waals surface area contributed by atoms with Crippen LogP contribution in [0.15, 0.2) is 18.3 Å². The largest absolute Gasteiger partial charge is 0.355 e. The molecule has 0 saturated carbocycles. The van der Waals surface area contributed by atoms with E-state index in [1.807, 2.05) is 12.1 Å². The van der Waals surface area contributed by atoms with Gasteiger partial charge in [-0.3, -0.25) is 0 Å². The van der Waals surface area contributed by atoms with Gasteiger partial charge in [0, 0.05) is 25.3 Å². The Morgan fingerprint density at radius 2 is 2.37 bits per heavy atom. The molecule has 1 unspecified atom stereocenters. The van der Waals surface area contributed by atoms with Gasteiger partial charge in [0.25, 0.3) is 0 Å². The molecule has 1 saturated heterocycles. The van der Waals surface area contributed by atoms with Crippen molar-refractivity contribution in [3.8, 4) is 6.07 Å². The Balaban J connectivity index is 2.03. The lowest BCUT2D eigenvalue weighted by atomic mass is 10.0. The first kappa shape index (κ1) is 13.8. The number of nitriles is 1. The third-order valence-electron chi connectivity index (χ3n) is 3.55. The van der Waals surface area contributed by atoms with Crippen molar-refractivity contribution in [1.82, 2.24) is 10.3 Å². The summed E-state index contributed by atoms with van der Waals surface area (Å²) in [7, 11) is 0. The van der Waals surface area contributed by atoms with Crippen LogP contribution in [0.3, 0.4) is 0 Å². The van der Waals surface area contributed by atoms with E-state index in [4.69, 9.17) is 5.26 Å². The summed E-state index contributed by atoms with van der Waals surface area (Å²) in [5.41, 5.74) is 0.621. The maximum atomic E-state index is 8.82. The van der Waals surface area contributed by atoms with Gasteiger partial charge in [-0.2, -0.15) is 5.26 Å². The number of pyridine rings is 1. The van der Waals surface area contributed by atoms with E-state index in [1.54, 1.807) is 6.20 Å². The molecule has 1 aromatic rings. The number of hydrogen-bond acceptors (Lipinski definition) is 4. The minimum absolute atomic E-state index is 0.567. The van der Waals surface area contributed by atoms with E-state index in [1.165, 1.54) is 19.3 Å². The summed E-state index contributed by atoms with van der Waals surface area (Å²) in [6.07, 6.45) is 6.62. The highest BCUT2D eigenvalue weighted by molar-refractivity contribution is 5.42. The predicted octanol–water partition coefficient (Wildman–Crippen LogP) is 2.31. The van der Waals surface area contributed by atoms with E-state index >= 15 is 0 Å². The molecule has 0 amide bonds. The van der Waals surface area contributed by atoms with Crippen molar-refractivity contribution in [2.75, 3.05) is 24.5 Å². The Kier molecular flexibility index (Phi) is 5.17. The van der Waals surface area contributed by atoms with Crippen LogP contribution in [-0.4, -0.2) is 30.7 Å². The molecule has 1 fully saturated rings. The maximum absolute atomic E-state index is 8.82. The standard InChI is InChI=1S/C15H22N4/c1-2-9-19(12-14-5-3-4-8-17-14)15-7-6-13(10-16)11-18-15/h6-7,11,14,17H,2-5,8-9,12H2,1H3. The van der Waals surface area contributed by atoms with Gasteiger partial charge in [-0.15, -0.1) is 0 Å². The number of hydrogen-bond donors (Lipinski definition) is 1. The van der Waals surface area contributed by atoms with E-state index in [0.717, 1.165) is 31.9 Å². The topological polar surface area (TPSA) is 52.0 Å². The zero-order chi connectivity index (χ0) is 13.5. The van der Waals surface area contributed by atoms with Crippen LogP contribution in [0, 0.1) is 11.3 Å². The summed E-state index contributed by atoms with van der Waals surface area (Å²) in [4.78, 5) is 6.73. The van der Waals surface area contributed by atoms with Crippen LogP contribution < -0.4 is 10.2 Å². The first-order valence-corrected chi connectivity index (χ1v) is 7.18. The third-order valence-corrected chi connectivity index (χ3v) is 3.55. The molecule has 1 atom stereocenters. The van der Waals surface area contributed by atoms with Gasteiger partial charge >= 0.3 is 0 Å². The molecule has 0 radical (unpaired) electrons. The lowest BCUT2D eigenvalue weighted by Crippen LogP contribution is -2.44. The highest BCUT2D eigenvalue weighted by Gasteiger charge is 2.17. The first-order chi connectivity index (χ1) is 9.33. The average Bonchev–Trinajstić information content (AvgIpc) is 2.48. The third kappa shape index (κ3) is 3.93.